The monoisotopic (exact) mass is 585 g/mol. The van der Waals surface area contributed by atoms with Crippen LogP contribution in [0.25, 0.3) is 77.2 Å². The molecule has 0 aliphatic carbocycles. The molecule has 0 unspecified atom stereocenters. The molecule has 0 amide bonds. The number of nitrogens with zero attached hydrogens (tertiary/aromatic N) is 3. The van der Waals surface area contributed by atoms with Crippen molar-refractivity contribution < 1.29 is 0 Å². The second-order valence-electron chi connectivity index (χ2n) is 11.7. The number of rotatable bonds is 4. The van der Waals surface area contributed by atoms with Crippen LogP contribution in [0.2, 0.25) is 0 Å². The van der Waals surface area contributed by atoms with Crippen LogP contribution in [-0.4, -0.2) is 9.13 Å². The summed E-state index contributed by atoms with van der Waals surface area (Å²) in [6.07, 6.45) is 0. The maximum atomic E-state index is 10.4. The zero-order chi connectivity index (χ0) is 30.6. The van der Waals surface area contributed by atoms with Crippen molar-refractivity contribution in [2.45, 2.75) is 0 Å². The van der Waals surface area contributed by atoms with E-state index in [1.165, 1.54) is 32.6 Å². The maximum absolute atomic E-state index is 10.4. The van der Waals surface area contributed by atoms with Crippen molar-refractivity contribution in [1.29, 1.82) is 5.26 Å². The predicted molar refractivity (Wildman–Crippen MR) is 191 cm³/mol. The van der Waals surface area contributed by atoms with E-state index in [0.717, 1.165) is 44.7 Å². The molecule has 0 bridgehead atoms. The van der Waals surface area contributed by atoms with E-state index in [4.69, 9.17) is 0 Å². The van der Waals surface area contributed by atoms with Gasteiger partial charge in [0.25, 0.3) is 0 Å². The Bertz CT molecular complexity index is 2540. The number of para-hydroxylation sites is 4. The zero-order valence-corrected chi connectivity index (χ0v) is 24.9. The molecule has 0 N–H and O–H groups in total. The van der Waals surface area contributed by atoms with Gasteiger partial charge in [-0.15, -0.1) is 0 Å². The van der Waals surface area contributed by atoms with Crippen LogP contribution in [0.15, 0.2) is 164 Å². The summed E-state index contributed by atoms with van der Waals surface area (Å²) in [6, 6.07) is 60.1. The van der Waals surface area contributed by atoms with E-state index in [9.17, 15) is 5.26 Å². The van der Waals surface area contributed by atoms with Crippen molar-refractivity contribution in [2.24, 2.45) is 0 Å². The third kappa shape index (κ3) is 3.91. The van der Waals surface area contributed by atoms with Crippen LogP contribution >= 0.6 is 0 Å². The first-order valence-electron chi connectivity index (χ1n) is 15.5. The van der Waals surface area contributed by atoms with Crippen molar-refractivity contribution in [3.63, 3.8) is 0 Å². The summed E-state index contributed by atoms with van der Waals surface area (Å²) in [6.45, 7) is 0. The largest absolute Gasteiger partial charge is 0.309 e. The highest BCUT2D eigenvalue weighted by Gasteiger charge is 2.21. The average Bonchev–Trinajstić information content (AvgIpc) is 3.65. The molecule has 3 heteroatoms. The maximum Gasteiger partial charge on any atom is 0.0992 e. The lowest BCUT2D eigenvalue weighted by Crippen LogP contribution is -2.01. The molecule has 9 aromatic rings. The highest BCUT2D eigenvalue weighted by Crippen LogP contribution is 2.42. The van der Waals surface area contributed by atoms with Crippen LogP contribution in [0.4, 0.5) is 0 Å². The Kier molecular flexibility index (Phi) is 5.88. The van der Waals surface area contributed by atoms with Gasteiger partial charge in [-0.1, -0.05) is 115 Å². The standard InChI is InChI=1S/C43H27N3/c44-28-29-25-37(31-15-12-16-32(27-31)45-38-21-8-4-17-33(38)34-18-5-9-22-39(34)45)43(30-13-2-1-3-14-30)42(26-29)46-40-23-10-6-19-35(40)36-20-7-11-24-41(36)46/h1-27H. The van der Waals surface area contributed by atoms with Crippen LogP contribution in [0, 0.1) is 11.3 Å². The van der Waals surface area contributed by atoms with Gasteiger partial charge in [-0.2, -0.15) is 5.26 Å². The van der Waals surface area contributed by atoms with Gasteiger partial charge in [-0.05, 0) is 65.2 Å². The van der Waals surface area contributed by atoms with Gasteiger partial charge >= 0.3 is 0 Å². The molecule has 0 aliphatic heterocycles. The number of aromatic nitrogens is 2. The number of benzene rings is 7. The molecule has 46 heavy (non-hydrogen) atoms. The molecular formula is C43H27N3. The van der Waals surface area contributed by atoms with Gasteiger partial charge in [0.2, 0.25) is 0 Å². The molecule has 7 aromatic carbocycles. The molecule has 0 saturated carbocycles. The quantitative estimate of drug-likeness (QED) is 0.202. The number of hydrogen-bond acceptors (Lipinski definition) is 1. The molecule has 9 rings (SSSR count). The molecule has 214 valence electrons. The minimum atomic E-state index is 0.619. The Balaban J connectivity index is 1.37. The number of fused-ring (bicyclic) bond motifs is 6. The second kappa shape index (κ2) is 10.4. The minimum absolute atomic E-state index is 0.619. The van der Waals surface area contributed by atoms with Crippen LogP contribution < -0.4 is 0 Å². The Morgan fingerprint density at radius 3 is 1.43 bits per heavy atom. The molecule has 0 spiro atoms. The average molecular weight is 586 g/mol. The summed E-state index contributed by atoms with van der Waals surface area (Å²) in [4.78, 5) is 0. The smallest absolute Gasteiger partial charge is 0.0992 e. The van der Waals surface area contributed by atoms with Gasteiger partial charge in [-0.3, -0.25) is 0 Å². The molecule has 0 aliphatic rings. The van der Waals surface area contributed by atoms with Crippen LogP contribution in [0.3, 0.4) is 0 Å². The first-order chi connectivity index (χ1) is 22.8. The Morgan fingerprint density at radius 1 is 0.413 bits per heavy atom. The zero-order valence-electron chi connectivity index (χ0n) is 24.9. The summed E-state index contributed by atoms with van der Waals surface area (Å²) in [7, 11) is 0. The highest BCUT2D eigenvalue weighted by molar-refractivity contribution is 6.11. The van der Waals surface area contributed by atoms with Gasteiger partial charge in [0.15, 0.2) is 0 Å². The molecule has 0 fully saturated rings. The first-order valence-corrected chi connectivity index (χ1v) is 15.5. The van der Waals surface area contributed by atoms with Crippen molar-refractivity contribution in [3.05, 3.63) is 169 Å². The lowest BCUT2D eigenvalue weighted by molar-refractivity contribution is 1.17. The van der Waals surface area contributed by atoms with Gasteiger partial charge in [0, 0.05) is 32.8 Å². The van der Waals surface area contributed by atoms with Gasteiger partial charge in [0.05, 0.1) is 39.4 Å². The van der Waals surface area contributed by atoms with Crippen molar-refractivity contribution in [3.8, 4) is 39.7 Å². The first kappa shape index (κ1) is 26.1. The van der Waals surface area contributed by atoms with E-state index in [-0.39, 0.29) is 0 Å². The van der Waals surface area contributed by atoms with Crippen molar-refractivity contribution >= 4 is 43.6 Å². The second-order valence-corrected chi connectivity index (χ2v) is 11.7. The summed E-state index contributed by atoms with van der Waals surface area (Å²) in [5.74, 6) is 0. The molecule has 2 heterocycles. The molecule has 2 aromatic heterocycles. The molecule has 0 atom stereocenters. The number of hydrogen-bond donors (Lipinski definition) is 0. The number of nitriles is 1. The van der Waals surface area contributed by atoms with E-state index < -0.39 is 0 Å². The van der Waals surface area contributed by atoms with E-state index in [1.807, 2.05) is 12.1 Å². The summed E-state index contributed by atoms with van der Waals surface area (Å²) in [5, 5.41) is 15.2. The fourth-order valence-corrected chi connectivity index (χ4v) is 7.20. The van der Waals surface area contributed by atoms with E-state index >= 15 is 0 Å². The van der Waals surface area contributed by atoms with Crippen LogP contribution in [0.1, 0.15) is 5.56 Å². The van der Waals surface area contributed by atoms with Crippen molar-refractivity contribution in [2.75, 3.05) is 0 Å². The third-order valence-corrected chi connectivity index (χ3v) is 9.13. The fraction of sp³-hybridized carbons (Fsp3) is 0. The lowest BCUT2D eigenvalue weighted by atomic mass is 9.90. The Hall–Kier alpha value is -6.37. The van der Waals surface area contributed by atoms with Crippen LogP contribution in [-0.2, 0) is 0 Å². The predicted octanol–water partition coefficient (Wildman–Crippen LogP) is 11.1. The molecular weight excluding hydrogens is 558 g/mol. The minimum Gasteiger partial charge on any atom is -0.309 e. The van der Waals surface area contributed by atoms with Gasteiger partial charge < -0.3 is 9.13 Å². The Morgan fingerprint density at radius 2 is 0.891 bits per heavy atom. The SMILES string of the molecule is N#Cc1cc(-c2cccc(-n3c4ccccc4c4ccccc43)c2)c(-c2ccccc2)c(-n2c3ccccc3c3ccccc32)c1. The summed E-state index contributed by atoms with van der Waals surface area (Å²) < 4.78 is 4.67. The fourth-order valence-electron chi connectivity index (χ4n) is 7.20. The Labute approximate surface area is 266 Å². The normalized spacial score (nSPS) is 11.5. The van der Waals surface area contributed by atoms with Crippen molar-refractivity contribution in [1.82, 2.24) is 9.13 Å². The summed E-state index contributed by atoms with van der Waals surface area (Å²) in [5.41, 5.74) is 11.5. The van der Waals surface area contributed by atoms with E-state index in [0.29, 0.717) is 5.56 Å². The third-order valence-electron chi connectivity index (χ3n) is 9.13. The lowest BCUT2D eigenvalue weighted by Gasteiger charge is -2.20. The van der Waals surface area contributed by atoms with Gasteiger partial charge in [-0.25, -0.2) is 0 Å². The molecule has 3 nitrogen and oxygen atoms in total. The highest BCUT2D eigenvalue weighted by atomic mass is 15.0. The topological polar surface area (TPSA) is 33.6 Å². The van der Waals surface area contributed by atoms with E-state index in [2.05, 4.69) is 167 Å². The molecule has 0 saturated heterocycles. The molecule has 0 radical (unpaired) electrons. The van der Waals surface area contributed by atoms with Gasteiger partial charge in [0.1, 0.15) is 0 Å². The summed E-state index contributed by atoms with van der Waals surface area (Å²) >= 11 is 0. The van der Waals surface area contributed by atoms with Crippen LogP contribution in [0.5, 0.6) is 0 Å². The van der Waals surface area contributed by atoms with E-state index in [1.54, 1.807) is 0 Å².